The van der Waals surface area contributed by atoms with E-state index in [2.05, 4.69) is 15.9 Å². The normalized spacial score (nSPS) is 41.9. The number of carbonyl (C=O) groups excluding carboxylic acids is 2. The summed E-state index contributed by atoms with van der Waals surface area (Å²) < 4.78 is 5.68. The fourth-order valence-electron chi connectivity index (χ4n) is 5.90. The van der Waals surface area contributed by atoms with Gasteiger partial charge in [-0.2, -0.15) is 0 Å². The van der Waals surface area contributed by atoms with Crippen LogP contribution in [0.25, 0.3) is 0 Å². The quantitative estimate of drug-likeness (QED) is 0.554. The largest absolute Gasteiger partial charge is 0.455 e. The Bertz CT molecular complexity index is 500. The summed E-state index contributed by atoms with van der Waals surface area (Å²) in [6.07, 6.45) is 9.83. The van der Waals surface area contributed by atoms with Crippen molar-refractivity contribution < 1.29 is 14.3 Å². The van der Waals surface area contributed by atoms with Gasteiger partial charge in [0.1, 0.15) is 0 Å². The number of nitrogens with zero attached hydrogens (tertiary/aromatic N) is 1. The van der Waals surface area contributed by atoms with Gasteiger partial charge in [0, 0.05) is 17.4 Å². The molecule has 1 aliphatic heterocycles. The fraction of sp³-hybridized carbons (Fsp3) is 0.889. The van der Waals surface area contributed by atoms with Gasteiger partial charge in [-0.05, 0) is 69.6 Å². The summed E-state index contributed by atoms with van der Waals surface area (Å²) in [7, 11) is 0. The highest BCUT2D eigenvalue weighted by molar-refractivity contribution is 9.10. The topological polar surface area (TPSA) is 46.6 Å². The molecule has 0 N–H and O–H groups in total. The Labute approximate surface area is 146 Å². The van der Waals surface area contributed by atoms with Crippen molar-refractivity contribution in [3.8, 4) is 0 Å². The Kier molecular flexibility index (Phi) is 3.98. The highest BCUT2D eigenvalue weighted by atomic mass is 79.9. The minimum atomic E-state index is -0.324. The van der Waals surface area contributed by atoms with E-state index in [-0.39, 0.29) is 28.2 Å². The number of esters is 1. The number of halogens is 1. The number of likely N-dealkylation sites (tertiary alicyclic amines) is 1. The van der Waals surface area contributed by atoms with Crippen molar-refractivity contribution in [2.45, 2.75) is 62.1 Å². The summed E-state index contributed by atoms with van der Waals surface area (Å²) in [4.78, 5) is 26.9. The lowest BCUT2D eigenvalue weighted by Crippen LogP contribution is -2.56. The van der Waals surface area contributed by atoms with E-state index >= 15 is 0 Å². The molecule has 2 unspecified atom stereocenters. The number of rotatable bonds is 3. The number of hydrogen-bond acceptors (Lipinski definition) is 3. The van der Waals surface area contributed by atoms with Crippen molar-refractivity contribution in [3.05, 3.63) is 0 Å². The zero-order valence-electron chi connectivity index (χ0n) is 13.7. The molecule has 1 saturated heterocycles. The molecule has 1 heterocycles. The van der Waals surface area contributed by atoms with E-state index in [0.29, 0.717) is 11.8 Å². The predicted molar refractivity (Wildman–Crippen MR) is 90.2 cm³/mol. The predicted octanol–water partition coefficient (Wildman–Crippen LogP) is 3.28. The second-order valence-corrected chi connectivity index (χ2v) is 10.1. The van der Waals surface area contributed by atoms with Crippen LogP contribution in [0.4, 0.5) is 0 Å². The molecule has 0 spiro atoms. The molecule has 5 fully saturated rings. The number of hydrogen-bond donors (Lipinski definition) is 0. The minimum absolute atomic E-state index is 0.0173. The van der Waals surface area contributed by atoms with E-state index in [4.69, 9.17) is 4.74 Å². The maximum Gasteiger partial charge on any atom is 0.312 e. The molecule has 23 heavy (non-hydrogen) atoms. The SMILES string of the molecule is O=C(COC(=O)C12C[C@@H]3C[C@@H](CC(Br)(C3)C1)C2)N1CCCCC1. The lowest BCUT2D eigenvalue weighted by molar-refractivity contribution is -0.172. The molecule has 0 aromatic heterocycles. The first kappa shape index (κ1) is 15.9. The van der Waals surface area contributed by atoms with Crippen LogP contribution < -0.4 is 0 Å². The maximum atomic E-state index is 12.8. The Balaban J connectivity index is 1.38. The molecule has 0 aromatic carbocycles. The summed E-state index contributed by atoms with van der Waals surface area (Å²) in [5.41, 5.74) is -0.324. The van der Waals surface area contributed by atoms with Gasteiger partial charge in [-0.3, -0.25) is 9.59 Å². The Hall–Kier alpha value is -0.580. The highest BCUT2D eigenvalue weighted by Crippen LogP contribution is 2.64. The molecule has 0 radical (unpaired) electrons. The van der Waals surface area contributed by atoms with Gasteiger partial charge in [-0.25, -0.2) is 0 Å². The molecular formula is C18H26BrNO3. The Morgan fingerprint density at radius 3 is 2.30 bits per heavy atom. The standard InChI is InChI=1S/C18H26BrNO3/c19-18-9-13-6-14(10-18)8-17(7-13,12-18)16(22)23-11-15(21)20-4-2-1-3-5-20/h13-14H,1-12H2/t13-,14+,17?,18?. The number of alkyl halides is 1. The molecule has 4 bridgehead atoms. The highest BCUT2D eigenvalue weighted by Gasteiger charge is 2.60. The summed E-state index contributed by atoms with van der Waals surface area (Å²) in [5.74, 6) is 1.18. The van der Waals surface area contributed by atoms with Crippen molar-refractivity contribution in [3.63, 3.8) is 0 Å². The van der Waals surface area contributed by atoms with Crippen molar-refractivity contribution in [2.75, 3.05) is 19.7 Å². The van der Waals surface area contributed by atoms with Crippen LogP contribution in [0.3, 0.4) is 0 Å². The third-order valence-electron chi connectivity index (χ3n) is 6.46. The second kappa shape index (κ2) is 5.75. The summed E-state index contributed by atoms with van der Waals surface area (Å²) in [5, 5.41) is 0. The summed E-state index contributed by atoms with van der Waals surface area (Å²) in [6, 6.07) is 0. The van der Waals surface area contributed by atoms with Gasteiger partial charge >= 0.3 is 5.97 Å². The number of carbonyl (C=O) groups is 2. The lowest BCUT2D eigenvalue weighted by atomic mass is 9.49. The van der Waals surface area contributed by atoms with Gasteiger partial charge < -0.3 is 9.64 Å². The Morgan fingerprint density at radius 2 is 1.70 bits per heavy atom. The van der Waals surface area contributed by atoms with Crippen LogP contribution in [-0.2, 0) is 14.3 Å². The van der Waals surface area contributed by atoms with E-state index in [0.717, 1.165) is 45.2 Å². The van der Waals surface area contributed by atoms with Crippen molar-refractivity contribution in [2.24, 2.45) is 17.3 Å². The fourth-order valence-corrected chi connectivity index (χ4v) is 7.36. The number of piperidine rings is 1. The first-order valence-corrected chi connectivity index (χ1v) is 9.91. The molecule has 4 saturated carbocycles. The molecule has 5 heteroatoms. The molecular weight excluding hydrogens is 358 g/mol. The summed E-state index contributed by atoms with van der Waals surface area (Å²) >= 11 is 3.92. The molecule has 4 aliphatic carbocycles. The Morgan fingerprint density at radius 1 is 1.04 bits per heavy atom. The van der Waals surface area contributed by atoms with Crippen LogP contribution in [0.1, 0.15) is 57.8 Å². The van der Waals surface area contributed by atoms with Crippen LogP contribution >= 0.6 is 15.9 Å². The maximum absolute atomic E-state index is 12.8. The first-order valence-electron chi connectivity index (χ1n) is 9.12. The van der Waals surface area contributed by atoms with Crippen molar-refractivity contribution in [1.82, 2.24) is 4.90 Å². The van der Waals surface area contributed by atoms with E-state index in [1.165, 1.54) is 25.7 Å². The van der Waals surface area contributed by atoms with Crippen molar-refractivity contribution in [1.29, 1.82) is 0 Å². The molecule has 5 aliphatic rings. The van der Waals surface area contributed by atoms with Crippen LogP contribution in [-0.4, -0.2) is 40.8 Å². The van der Waals surface area contributed by atoms with Gasteiger partial charge in [0.15, 0.2) is 6.61 Å². The van der Waals surface area contributed by atoms with E-state index in [1.807, 2.05) is 4.90 Å². The second-order valence-electron chi connectivity index (χ2n) is 8.41. The van der Waals surface area contributed by atoms with Crippen molar-refractivity contribution >= 4 is 27.8 Å². The minimum Gasteiger partial charge on any atom is -0.455 e. The van der Waals surface area contributed by atoms with Gasteiger partial charge in [0.05, 0.1) is 5.41 Å². The molecule has 1 amide bonds. The average Bonchev–Trinajstić information content (AvgIpc) is 2.50. The molecule has 5 rings (SSSR count). The lowest BCUT2D eigenvalue weighted by Gasteiger charge is -2.58. The third kappa shape index (κ3) is 2.94. The van der Waals surface area contributed by atoms with Gasteiger partial charge in [0.2, 0.25) is 0 Å². The van der Waals surface area contributed by atoms with Gasteiger partial charge in [-0.1, -0.05) is 15.9 Å². The number of amides is 1. The number of ether oxygens (including phenoxy) is 1. The third-order valence-corrected chi connectivity index (χ3v) is 7.39. The van der Waals surface area contributed by atoms with Crippen LogP contribution in [0, 0.1) is 17.3 Å². The van der Waals surface area contributed by atoms with E-state index in [9.17, 15) is 9.59 Å². The van der Waals surface area contributed by atoms with Gasteiger partial charge in [0.25, 0.3) is 5.91 Å². The van der Waals surface area contributed by atoms with E-state index < -0.39 is 0 Å². The van der Waals surface area contributed by atoms with Crippen LogP contribution in [0.5, 0.6) is 0 Å². The first-order chi connectivity index (χ1) is 11.0. The van der Waals surface area contributed by atoms with Gasteiger partial charge in [-0.15, -0.1) is 0 Å². The average molecular weight is 384 g/mol. The summed E-state index contributed by atoms with van der Waals surface area (Å²) in [6.45, 7) is 1.57. The molecule has 128 valence electrons. The van der Waals surface area contributed by atoms with Crippen LogP contribution in [0.15, 0.2) is 0 Å². The smallest absolute Gasteiger partial charge is 0.312 e. The molecule has 0 aromatic rings. The van der Waals surface area contributed by atoms with E-state index in [1.54, 1.807) is 0 Å². The monoisotopic (exact) mass is 383 g/mol. The zero-order valence-corrected chi connectivity index (χ0v) is 15.3. The molecule has 4 atom stereocenters. The molecule has 4 nitrogen and oxygen atoms in total. The zero-order chi connectivity index (χ0) is 16.1. The van der Waals surface area contributed by atoms with Crippen LogP contribution in [0.2, 0.25) is 0 Å².